The van der Waals surface area contributed by atoms with Crippen LogP contribution in [0.3, 0.4) is 0 Å². The Morgan fingerprint density at radius 3 is 2.53 bits per heavy atom. The maximum atomic E-state index is 8.91. The summed E-state index contributed by atoms with van der Waals surface area (Å²) in [5, 5.41) is 14.4. The molecule has 15 heavy (non-hydrogen) atoms. The van der Waals surface area contributed by atoms with Crippen molar-refractivity contribution >= 4 is 18.3 Å². The van der Waals surface area contributed by atoms with Crippen LogP contribution in [0.15, 0.2) is 10.7 Å². The van der Waals surface area contributed by atoms with Gasteiger partial charge < -0.3 is 15.4 Å². The molecule has 0 aliphatic rings. The topological polar surface area (TPSA) is 77.2 Å². The third-order valence-electron chi connectivity index (χ3n) is 1.79. The highest BCUT2D eigenvalue weighted by molar-refractivity contribution is 5.85. The Labute approximate surface area is 95.0 Å². The van der Waals surface area contributed by atoms with E-state index in [-0.39, 0.29) is 30.4 Å². The summed E-state index contributed by atoms with van der Waals surface area (Å²) in [5.74, 6) is -0.00260. The number of β-amino-alcohol motifs (C(OH)–C–C–N with tert-alkyl or cyclic N) is 1. The van der Waals surface area contributed by atoms with E-state index in [1.165, 1.54) is 11.0 Å². The first-order valence-electron chi connectivity index (χ1n) is 4.44. The van der Waals surface area contributed by atoms with Crippen molar-refractivity contribution in [2.75, 3.05) is 18.2 Å². The molecule has 0 atom stereocenters. The van der Waals surface area contributed by atoms with Gasteiger partial charge in [-0.25, -0.2) is 0 Å². The van der Waals surface area contributed by atoms with Crippen molar-refractivity contribution in [2.24, 2.45) is 0 Å². The molecule has 0 bridgehead atoms. The van der Waals surface area contributed by atoms with Gasteiger partial charge in [0.25, 0.3) is 6.20 Å². The van der Waals surface area contributed by atoms with Crippen molar-refractivity contribution in [3.05, 3.63) is 11.9 Å². The maximum Gasteiger partial charge on any atom is 0.256 e. The number of aliphatic hydroxyl groups is 1. The molecule has 88 valence electrons. The number of hydrogen-bond acceptors (Lipinski definition) is 4. The summed E-state index contributed by atoms with van der Waals surface area (Å²) in [6, 6.07) is 0. The number of hydrogen-bond donors (Lipinski definition) is 1. The molecule has 7 heteroatoms. The van der Waals surface area contributed by atoms with E-state index in [0.29, 0.717) is 6.54 Å². The summed E-state index contributed by atoms with van der Waals surface area (Å²) < 4.78 is 4.64. The number of nitrogens with one attached hydrogen (secondary N) is 1. The average molecular weight is 237 g/mol. The van der Waals surface area contributed by atoms with Crippen LogP contribution in [0.1, 0.15) is 20.8 Å². The van der Waals surface area contributed by atoms with Gasteiger partial charge in [0.05, 0.1) is 23.5 Å². The summed E-state index contributed by atoms with van der Waals surface area (Å²) >= 11 is 0. The summed E-state index contributed by atoms with van der Waals surface area (Å²) in [7, 11) is 0. The molecule has 0 amide bonds. The Balaban J connectivity index is 0.00000196. The number of nitrogens with zero attached hydrogens (tertiary/aromatic N) is 3. The molecule has 1 rings (SSSR count). The fraction of sp³-hybridized carbons (Fsp3) is 0.750. The predicted molar refractivity (Wildman–Crippen MR) is 57.9 cm³/mol. The maximum absolute atomic E-state index is 8.91. The van der Waals surface area contributed by atoms with E-state index in [9.17, 15) is 0 Å². The first-order valence-corrected chi connectivity index (χ1v) is 4.44. The lowest BCUT2D eigenvalue weighted by Crippen LogP contribution is -2.67. The second-order valence-corrected chi connectivity index (χ2v) is 4.00. The molecule has 0 unspecified atom stereocenters. The molecule has 0 aliphatic carbocycles. The van der Waals surface area contributed by atoms with Crippen LogP contribution in [0.5, 0.6) is 0 Å². The summed E-state index contributed by atoms with van der Waals surface area (Å²) in [4.78, 5) is 1.44. The van der Waals surface area contributed by atoms with E-state index >= 15 is 0 Å². The largest absolute Gasteiger partial charge is 0.660 e. The molecule has 0 radical (unpaired) electrons. The second-order valence-electron chi connectivity index (χ2n) is 4.00. The zero-order valence-corrected chi connectivity index (χ0v) is 9.91. The summed E-state index contributed by atoms with van der Waals surface area (Å²) in [6.07, 6.45) is 1.46. The van der Waals surface area contributed by atoms with Crippen molar-refractivity contribution in [2.45, 2.75) is 26.3 Å². The van der Waals surface area contributed by atoms with Gasteiger partial charge in [-0.2, -0.15) is 0 Å². The molecule has 2 N–H and O–H groups in total. The van der Waals surface area contributed by atoms with E-state index in [1.807, 2.05) is 25.8 Å². The fourth-order valence-electron chi connectivity index (χ4n) is 1.19. The summed E-state index contributed by atoms with van der Waals surface area (Å²) in [6.45, 7) is 6.46. The normalized spacial score (nSPS) is 10.9. The molecular weight excluding hydrogens is 220 g/mol. The lowest BCUT2D eigenvalue weighted by atomic mass is 10.1. The van der Waals surface area contributed by atoms with Crippen LogP contribution >= 0.6 is 12.4 Å². The van der Waals surface area contributed by atoms with Crippen LogP contribution in [0.4, 0.5) is 5.88 Å². The molecule has 1 aromatic rings. The molecule has 0 aliphatic heterocycles. The minimum absolute atomic E-state index is 0. The van der Waals surface area contributed by atoms with Crippen LogP contribution < -0.4 is 9.80 Å². The molecule has 0 aromatic carbocycles. The molecular formula is C8H17ClN4O2. The SMILES string of the molecule is CC(C)(C)N(CCO)[n+]1cc([NH-])on1.Cl. The fourth-order valence-corrected chi connectivity index (χ4v) is 1.19. The van der Waals surface area contributed by atoms with E-state index in [1.54, 1.807) is 0 Å². The molecule has 1 aromatic heterocycles. The highest BCUT2D eigenvalue weighted by Crippen LogP contribution is 2.08. The second kappa shape index (κ2) is 5.18. The minimum Gasteiger partial charge on any atom is -0.660 e. The number of aromatic nitrogens is 2. The summed E-state index contributed by atoms with van der Waals surface area (Å²) in [5.41, 5.74) is 7.02. The van der Waals surface area contributed by atoms with Crippen molar-refractivity contribution in [3.63, 3.8) is 0 Å². The molecule has 0 fully saturated rings. The van der Waals surface area contributed by atoms with E-state index in [2.05, 4.69) is 9.79 Å². The highest BCUT2D eigenvalue weighted by Gasteiger charge is 2.30. The van der Waals surface area contributed by atoms with Gasteiger partial charge >= 0.3 is 0 Å². The highest BCUT2D eigenvalue weighted by atomic mass is 35.5. The van der Waals surface area contributed by atoms with E-state index < -0.39 is 0 Å². The first kappa shape index (κ1) is 14.0. The Morgan fingerprint density at radius 1 is 1.60 bits per heavy atom. The molecule has 1 heterocycles. The van der Waals surface area contributed by atoms with Gasteiger partial charge in [-0.3, -0.25) is 0 Å². The van der Waals surface area contributed by atoms with Crippen molar-refractivity contribution in [1.82, 2.24) is 5.27 Å². The lowest BCUT2D eigenvalue weighted by Gasteiger charge is -2.26. The van der Waals surface area contributed by atoms with Crippen LogP contribution in [0.2, 0.25) is 0 Å². The van der Waals surface area contributed by atoms with Crippen LogP contribution in [-0.2, 0) is 0 Å². The van der Waals surface area contributed by atoms with Gasteiger partial charge in [-0.1, -0.05) is 0 Å². The van der Waals surface area contributed by atoms with Gasteiger partial charge in [0.2, 0.25) is 5.27 Å². The standard InChI is InChI=1S/C8H16N4O2.ClH/c1-8(2,3)11(4-5-13)12-6-7(9)14-10-12;/h6,9,13H,4-5H2,1-3H3;1H. The lowest BCUT2D eigenvalue weighted by molar-refractivity contribution is -0.765. The number of halogens is 1. The quantitative estimate of drug-likeness (QED) is 0.788. The van der Waals surface area contributed by atoms with Crippen LogP contribution in [0, 0.1) is 0 Å². The van der Waals surface area contributed by atoms with Gasteiger partial charge in [0.15, 0.2) is 0 Å². The Bertz CT molecular complexity index is 297. The van der Waals surface area contributed by atoms with Gasteiger partial charge in [0, 0.05) is 0 Å². The van der Waals surface area contributed by atoms with Crippen LogP contribution in [-0.4, -0.2) is 29.1 Å². The molecule has 0 spiro atoms. The van der Waals surface area contributed by atoms with Crippen molar-refractivity contribution in [3.8, 4) is 0 Å². The van der Waals surface area contributed by atoms with Crippen LogP contribution in [0.25, 0.3) is 5.73 Å². The Morgan fingerprint density at radius 2 is 2.20 bits per heavy atom. The van der Waals surface area contributed by atoms with Gasteiger partial charge in [-0.15, -0.1) is 17.4 Å². The smallest absolute Gasteiger partial charge is 0.256 e. The van der Waals surface area contributed by atoms with Gasteiger partial charge in [-0.05, 0) is 20.8 Å². The minimum atomic E-state index is -0.184. The first-order chi connectivity index (χ1) is 6.45. The molecule has 6 nitrogen and oxygen atoms in total. The third-order valence-corrected chi connectivity index (χ3v) is 1.79. The monoisotopic (exact) mass is 236 g/mol. The van der Waals surface area contributed by atoms with E-state index in [0.717, 1.165) is 0 Å². The zero-order chi connectivity index (χ0) is 10.8. The molecule has 0 saturated heterocycles. The van der Waals surface area contributed by atoms with E-state index in [4.69, 9.17) is 10.8 Å². The number of aliphatic hydroxyl groups excluding tert-OH is 1. The van der Waals surface area contributed by atoms with Crippen molar-refractivity contribution < 1.29 is 14.4 Å². The average Bonchev–Trinajstić information content (AvgIpc) is 2.45. The predicted octanol–water partition coefficient (Wildman–Crippen LogP) is 0.796. The van der Waals surface area contributed by atoms with Gasteiger partial charge in [0.1, 0.15) is 5.88 Å². The number of rotatable bonds is 3. The zero-order valence-electron chi connectivity index (χ0n) is 9.10. The molecule has 0 saturated carbocycles. The third kappa shape index (κ3) is 3.56. The Hall–Kier alpha value is -1.01. The Kier molecular flexibility index (Phi) is 4.83. The van der Waals surface area contributed by atoms with Crippen molar-refractivity contribution in [1.29, 1.82) is 0 Å².